The third-order valence-electron chi connectivity index (χ3n) is 1.00. The van der Waals surface area contributed by atoms with Gasteiger partial charge in [0, 0.05) is 0 Å². The zero-order valence-corrected chi connectivity index (χ0v) is 5.72. The van der Waals surface area contributed by atoms with Crippen LogP contribution in [0.15, 0.2) is 0 Å². The number of amides is 1. The molecule has 0 aromatic heterocycles. The fourth-order valence-electron chi connectivity index (χ4n) is 0.595. The average molecular weight is 149 g/mol. The molecule has 1 aliphatic rings. The molecule has 1 rings (SSSR count). The summed E-state index contributed by atoms with van der Waals surface area (Å²) in [5.41, 5.74) is 0. The summed E-state index contributed by atoms with van der Waals surface area (Å²) in [5, 5.41) is 9.64. The molecule has 4 nitrogen and oxygen atoms in total. The molecule has 0 bridgehead atoms. The summed E-state index contributed by atoms with van der Waals surface area (Å²) in [6, 6.07) is 0. The molecule has 1 saturated heterocycles. The van der Waals surface area contributed by atoms with Crippen molar-refractivity contribution in [2.75, 3.05) is 12.9 Å². The molecule has 0 saturated carbocycles. The first kappa shape index (κ1) is 6.85. The van der Waals surface area contributed by atoms with Gasteiger partial charge in [0.1, 0.15) is 0 Å². The number of nitrogens with zero attached hydrogens (tertiary/aromatic N) is 1. The predicted molar refractivity (Wildman–Crippen MR) is 32.7 cm³/mol. The number of hydroxylamine groups is 2. The Morgan fingerprint density at radius 1 is 2.00 bits per heavy atom. The van der Waals surface area contributed by atoms with Gasteiger partial charge in [0.05, 0.1) is 12.9 Å². The van der Waals surface area contributed by atoms with Crippen LogP contribution in [0.1, 0.15) is 0 Å². The highest BCUT2D eigenvalue weighted by Crippen LogP contribution is 2.21. The number of aliphatic hydroxyl groups excluding tert-OH is 1. The highest BCUT2D eigenvalue weighted by molar-refractivity contribution is 8.13. The largest absolute Gasteiger partial charge is 0.370 e. The van der Waals surface area contributed by atoms with Crippen LogP contribution in [0.4, 0.5) is 4.79 Å². The molecule has 0 aromatic rings. The summed E-state index contributed by atoms with van der Waals surface area (Å²) >= 11 is 1.05. The summed E-state index contributed by atoms with van der Waals surface area (Å²) in [6.07, 6.45) is -0.771. The van der Waals surface area contributed by atoms with E-state index in [0.29, 0.717) is 5.75 Å². The van der Waals surface area contributed by atoms with Crippen molar-refractivity contribution >= 4 is 17.0 Å². The van der Waals surface area contributed by atoms with Crippen molar-refractivity contribution in [1.29, 1.82) is 0 Å². The summed E-state index contributed by atoms with van der Waals surface area (Å²) in [5.74, 6) is 0.396. The number of aliphatic hydroxyl groups is 1. The zero-order chi connectivity index (χ0) is 6.85. The third-order valence-corrected chi connectivity index (χ3v) is 1.89. The van der Waals surface area contributed by atoms with Crippen molar-refractivity contribution < 1.29 is 14.7 Å². The third kappa shape index (κ3) is 1.17. The molecule has 5 heteroatoms. The molecule has 52 valence electrons. The average Bonchev–Trinajstić information content (AvgIpc) is 2.12. The summed E-state index contributed by atoms with van der Waals surface area (Å²) < 4.78 is 0. The zero-order valence-electron chi connectivity index (χ0n) is 4.90. The molecule has 9 heavy (non-hydrogen) atoms. The van der Waals surface area contributed by atoms with E-state index in [4.69, 9.17) is 5.11 Å². The molecule has 1 heterocycles. The predicted octanol–water partition coefficient (Wildman–Crippen LogP) is 0.0350. The van der Waals surface area contributed by atoms with Crippen molar-refractivity contribution in [2.24, 2.45) is 0 Å². The van der Waals surface area contributed by atoms with Crippen LogP contribution in [0.3, 0.4) is 0 Å². The smallest absolute Gasteiger partial charge is 0.307 e. The van der Waals surface area contributed by atoms with E-state index in [0.717, 1.165) is 16.8 Å². The van der Waals surface area contributed by atoms with E-state index in [2.05, 4.69) is 4.84 Å². The molecule has 1 fully saturated rings. The van der Waals surface area contributed by atoms with Gasteiger partial charge in [-0.25, -0.2) is 0 Å². The van der Waals surface area contributed by atoms with E-state index < -0.39 is 6.23 Å². The van der Waals surface area contributed by atoms with E-state index in [1.165, 1.54) is 7.11 Å². The molecular formula is C4H7NO3S. The van der Waals surface area contributed by atoms with E-state index in [-0.39, 0.29) is 5.24 Å². The minimum absolute atomic E-state index is 0.231. The van der Waals surface area contributed by atoms with E-state index >= 15 is 0 Å². The molecule has 1 amide bonds. The second-order valence-electron chi connectivity index (χ2n) is 1.57. The van der Waals surface area contributed by atoms with Gasteiger partial charge in [0.15, 0.2) is 6.23 Å². The quantitative estimate of drug-likeness (QED) is 0.571. The minimum atomic E-state index is -0.771. The number of carbonyl (C=O) groups excluding carboxylic acids is 1. The Morgan fingerprint density at radius 2 is 2.67 bits per heavy atom. The lowest BCUT2D eigenvalue weighted by Gasteiger charge is -2.14. The van der Waals surface area contributed by atoms with Gasteiger partial charge in [-0.15, -0.1) is 0 Å². The standard InChI is InChI=1S/C4H7NO3S/c1-8-5-3(6)2-9-4(5)7/h3,6H,2H2,1H3. The highest BCUT2D eigenvalue weighted by Gasteiger charge is 2.30. The summed E-state index contributed by atoms with van der Waals surface area (Å²) in [7, 11) is 1.35. The monoisotopic (exact) mass is 149 g/mol. The summed E-state index contributed by atoms with van der Waals surface area (Å²) in [6.45, 7) is 0. The molecule has 1 unspecified atom stereocenters. The number of hydrogen-bond donors (Lipinski definition) is 1. The number of hydrogen-bond acceptors (Lipinski definition) is 4. The van der Waals surface area contributed by atoms with E-state index in [1.807, 2.05) is 0 Å². The second-order valence-corrected chi connectivity index (χ2v) is 2.54. The Hall–Kier alpha value is -0.260. The molecule has 0 spiro atoms. The molecular weight excluding hydrogens is 142 g/mol. The van der Waals surface area contributed by atoms with Crippen LogP contribution < -0.4 is 0 Å². The maximum atomic E-state index is 10.6. The van der Waals surface area contributed by atoms with Crippen LogP contribution in [0, 0.1) is 0 Å². The van der Waals surface area contributed by atoms with Crippen LogP contribution >= 0.6 is 11.8 Å². The summed E-state index contributed by atoms with van der Waals surface area (Å²) in [4.78, 5) is 15.2. The number of thioether (sulfide) groups is 1. The molecule has 0 aromatic carbocycles. The lowest BCUT2D eigenvalue weighted by molar-refractivity contribution is -0.159. The Balaban J connectivity index is 2.55. The Morgan fingerprint density at radius 3 is 2.89 bits per heavy atom. The topological polar surface area (TPSA) is 49.8 Å². The van der Waals surface area contributed by atoms with Gasteiger partial charge in [-0.05, 0) is 0 Å². The molecule has 0 radical (unpaired) electrons. The van der Waals surface area contributed by atoms with Crippen molar-refractivity contribution in [3.8, 4) is 0 Å². The van der Waals surface area contributed by atoms with Gasteiger partial charge in [-0.3, -0.25) is 9.63 Å². The molecule has 1 atom stereocenters. The van der Waals surface area contributed by atoms with Crippen LogP contribution in [-0.4, -0.2) is 34.5 Å². The van der Waals surface area contributed by atoms with E-state index in [1.54, 1.807) is 0 Å². The maximum Gasteiger partial charge on any atom is 0.307 e. The van der Waals surface area contributed by atoms with Gasteiger partial charge in [0.2, 0.25) is 0 Å². The normalized spacial score (nSPS) is 27.6. The Bertz CT molecular complexity index is 129. The van der Waals surface area contributed by atoms with Crippen LogP contribution in [0.5, 0.6) is 0 Å². The Kier molecular flexibility index (Phi) is 1.94. The maximum absolute atomic E-state index is 10.6. The lowest BCUT2D eigenvalue weighted by atomic mass is 10.7. The number of carbonyl (C=O) groups is 1. The minimum Gasteiger partial charge on any atom is -0.370 e. The first-order valence-corrected chi connectivity index (χ1v) is 3.42. The van der Waals surface area contributed by atoms with Gasteiger partial charge in [-0.2, -0.15) is 5.06 Å². The van der Waals surface area contributed by atoms with Crippen LogP contribution in [-0.2, 0) is 4.84 Å². The number of rotatable bonds is 1. The van der Waals surface area contributed by atoms with E-state index in [9.17, 15) is 4.79 Å². The van der Waals surface area contributed by atoms with Crippen molar-refractivity contribution in [2.45, 2.75) is 6.23 Å². The van der Waals surface area contributed by atoms with Crippen LogP contribution in [0.25, 0.3) is 0 Å². The van der Waals surface area contributed by atoms with Gasteiger partial charge >= 0.3 is 5.24 Å². The first-order chi connectivity index (χ1) is 4.25. The highest BCUT2D eigenvalue weighted by atomic mass is 32.2. The van der Waals surface area contributed by atoms with Crippen molar-refractivity contribution in [3.63, 3.8) is 0 Å². The van der Waals surface area contributed by atoms with Gasteiger partial charge in [-0.1, -0.05) is 11.8 Å². The van der Waals surface area contributed by atoms with Gasteiger partial charge in [0.25, 0.3) is 0 Å². The lowest BCUT2D eigenvalue weighted by Crippen LogP contribution is -2.31. The fourth-order valence-corrected chi connectivity index (χ4v) is 1.35. The molecule has 0 aliphatic carbocycles. The molecule has 1 aliphatic heterocycles. The second kappa shape index (κ2) is 2.55. The molecule has 1 N–H and O–H groups in total. The Labute approximate surface area is 56.7 Å². The van der Waals surface area contributed by atoms with Crippen molar-refractivity contribution in [3.05, 3.63) is 0 Å². The van der Waals surface area contributed by atoms with Crippen LogP contribution in [0.2, 0.25) is 0 Å². The van der Waals surface area contributed by atoms with Gasteiger partial charge < -0.3 is 5.11 Å². The first-order valence-electron chi connectivity index (χ1n) is 2.44. The fraction of sp³-hybridized carbons (Fsp3) is 0.750. The van der Waals surface area contributed by atoms with Crippen molar-refractivity contribution in [1.82, 2.24) is 5.06 Å². The SMILES string of the molecule is CON1C(=O)SCC1O.